The zero-order valence-electron chi connectivity index (χ0n) is 13.7. The smallest absolute Gasteiger partial charge is 0.337 e. The Hall–Kier alpha value is -2.34. The number of hydrogen-bond acceptors (Lipinski definition) is 5. The number of fused-ring (bicyclic) bond motifs is 1. The van der Waals surface area contributed by atoms with E-state index in [1.165, 1.54) is 24.8 Å². The average molecular weight is 345 g/mol. The van der Waals surface area contributed by atoms with Gasteiger partial charge in [-0.15, -0.1) is 0 Å². The van der Waals surface area contributed by atoms with Crippen molar-refractivity contribution in [2.75, 3.05) is 24.3 Å². The predicted molar refractivity (Wildman–Crippen MR) is 92.1 cm³/mol. The van der Waals surface area contributed by atoms with Crippen LogP contribution in [-0.2, 0) is 21.1 Å². The van der Waals surface area contributed by atoms with Gasteiger partial charge in [-0.25, -0.2) is 13.2 Å². The molecule has 0 bridgehead atoms. The number of hydrogen-bond donors (Lipinski definition) is 0. The van der Waals surface area contributed by atoms with Crippen LogP contribution in [0.2, 0.25) is 0 Å². The van der Waals surface area contributed by atoms with Gasteiger partial charge in [-0.3, -0.25) is 0 Å². The predicted octanol–water partition coefficient (Wildman–Crippen LogP) is 2.58. The maximum Gasteiger partial charge on any atom is 0.337 e. The van der Waals surface area contributed by atoms with Crippen molar-refractivity contribution in [3.63, 3.8) is 0 Å². The lowest BCUT2D eigenvalue weighted by Crippen LogP contribution is -2.35. The van der Waals surface area contributed by atoms with Gasteiger partial charge >= 0.3 is 5.97 Å². The van der Waals surface area contributed by atoms with Crippen LogP contribution in [0.25, 0.3) is 0 Å². The van der Waals surface area contributed by atoms with Gasteiger partial charge in [0.2, 0.25) is 0 Å². The molecule has 0 aliphatic carbocycles. The molecule has 1 aliphatic heterocycles. The molecule has 1 aliphatic rings. The molecule has 0 fully saturated rings. The van der Waals surface area contributed by atoms with Crippen molar-refractivity contribution in [2.45, 2.75) is 18.4 Å². The number of rotatable bonds is 3. The van der Waals surface area contributed by atoms with Crippen LogP contribution >= 0.6 is 0 Å². The lowest BCUT2D eigenvalue weighted by Gasteiger charge is -2.31. The van der Waals surface area contributed by atoms with Crippen molar-refractivity contribution in [1.29, 1.82) is 0 Å². The van der Waals surface area contributed by atoms with Gasteiger partial charge in [0.15, 0.2) is 9.84 Å². The second kappa shape index (κ2) is 6.28. The van der Waals surface area contributed by atoms with Gasteiger partial charge < -0.3 is 9.64 Å². The van der Waals surface area contributed by atoms with Gasteiger partial charge in [0.1, 0.15) is 0 Å². The first-order chi connectivity index (χ1) is 11.4. The summed E-state index contributed by atoms with van der Waals surface area (Å²) >= 11 is 0. The SMILES string of the molecule is COC(=O)c1ccc2c(c1)N(Cc1ccc(C)cc1)CCS2(=O)=O. The van der Waals surface area contributed by atoms with Crippen LogP contribution in [0.15, 0.2) is 47.4 Å². The summed E-state index contributed by atoms with van der Waals surface area (Å²) in [5, 5.41) is 0. The van der Waals surface area contributed by atoms with E-state index in [2.05, 4.69) is 0 Å². The molecule has 5 nitrogen and oxygen atoms in total. The van der Waals surface area contributed by atoms with Crippen LogP contribution in [0.3, 0.4) is 0 Å². The molecule has 2 aromatic rings. The van der Waals surface area contributed by atoms with Crippen molar-refractivity contribution in [3.8, 4) is 0 Å². The molecule has 0 saturated heterocycles. The van der Waals surface area contributed by atoms with E-state index in [1.54, 1.807) is 6.07 Å². The highest BCUT2D eigenvalue weighted by atomic mass is 32.2. The maximum atomic E-state index is 12.3. The van der Waals surface area contributed by atoms with Gasteiger partial charge in [0.05, 0.1) is 29.0 Å². The Bertz CT molecular complexity index is 872. The van der Waals surface area contributed by atoms with Crippen molar-refractivity contribution < 1.29 is 17.9 Å². The summed E-state index contributed by atoms with van der Waals surface area (Å²) in [6, 6.07) is 12.7. The summed E-state index contributed by atoms with van der Waals surface area (Å²) in [6.07, 6.45) is 0. The van der Waals surface area contributed by atoms with E-state index in [9.17, 15) is 13.2 Å². The number of carbonyl (C=O) groups is 1. The number of sulfone groups is 1. The molecule has 6 heteroatoms. The lowest BCUT2D eigenvalue weighted by molar-refractivity contribution is 0.0600. The van der Waals surface area contributed by atoms with E-state index in [0.717, 1.165) is 5.56 Å². The van der Waals surface area contributed by atoms with Crippen molar-refractivity contribution >= 4 is 21.5 Å². The summed E-state index contributed by atoms with van der Waals surface area (Å²) in [5.74, 6) is -0.403. The van der Waals surface area contributed by atoms with E-state index in [-0.39, 0.29) is 10.6 Å². The Balaban J connectivity index is 2.01. The van der Waals surface area contributed by atoms with Gasteiger partial charge in [-0.2, -0.15) is 0 Å². The van der Waals surface area contributed by atoms with Crippen molar-refractivity contribution in [1.82, 2.24) is 0 Å². The molecule has 0 saturated carbocycles. The molecular formula is C18H19NO4S. The Kier molecular flexibility index (Phi) is 4.32. The summed E-state index contributed by atoms with van der Waals surface area (Å²) in [7, 11) is -2.01. The Morgan fingerprint density at radius 1 is 1.17 bits per heavy atom. The topological polar surface area (TPSA) is 63.7 Å². The normalized spacial score (nSPS) is 15.7. The number of anilines is 1. The minimum Gasteiger partial charge on any atom is -0.465 e. The molecule has 0 aromatic heterocycles. The third kappa shape index (κ3) is 3.14. The summed E-state index contributed by atoms with van der Waals surface area (Å²) < 4.78 is 29.4. The fraction of sp³-hybridized carbons (Fsp3) is 0.278. The first kappa shape index (κ1) is 16.5. The molecular weight excluding hydrogens is 326 g/mol. The highest BCUT2D eigenvalue weighted by Crippen LogP contribution is 2.32. The van der Waals surface area contributed by atoms with Gasteiger partial charge in [-0.05, 0) is 30.7 Å². The van der Waals surface area contributed by atoms with Crippen LogP contribution in [0.4, 0.5) is 5.69 Å². The summed E-state index contributed by atoms with van der Waals surface area (Å²) in [4.78, 5) is 14.0. The lowest BCUT2D eigenvalue weighted by atomic mass is 10.1. The van der Waals surface area contributed by atoms with Crippen LogP contribution in [-0.4, -0.2) is 33.8 Å². The molecule has 1 heterocycles. The van der Waals surface area contributed by atoms with E-state index >= 15 is 0 Å². The molecule has 0 unspecified atom stereocenters. The van der Waals surface area contributed by atoms with Gasteiger partial charge in [0, 0.05) is 13.1 Å². The second-order valence-corrected chi connectivity index (χ2v) is 7.98. The number of aryl methyl sites for hydroxylation is 1. The van der Waals surface area contributed by atoms with Crippen LogP contribution in [0.1, 0.15) is 21.5 Å². The Labute approximate surface area is 141 Å². The van der Waals surface area contributed by atoms with Crippen LogP contribution in [0.5, 0.6) is 0 Å². The minimum atomic E-state index is -3.32. The van der Waals surface area contributed by atoms with E-state index in [1.807, 2.05) is 36.1 Å². The Morgan fingerprint density at radius 3 is 2.54 bits per heavy atom. The molecule has 2 aromatic carbocycles. The number of methoxy groups -OCH3 is 1. The first-order valence-electron chi connectivity index (χ1n) is 7.66. The number of benzene rings is 2. The van der Waals surface area contributed by atoms with Crippen LogP contribution in [0, 0.1) is 6.92 Å². The summed E-state index contributed by atoms with van der Waals surface area (Å²) in [6.45, 7) is 3.01. The molecule has 0 amide bonds. The number of esters is 1. The van der Waals surface area contributed by atoms with Crippen molar-refractivity contribution in [2.24, 2.45) is 0 Å². The zero-order chi connectivity index (χ0) is 17.3. The number of ether oxygens (including phenoxy) is 1. The monoisotopic (exact) mass is 345 g/mol. The quantitative estimate of drug-likeness (QED) is 0.800. The number of nitrogens with zero attached hydrogens (tertiary/aromatic N) is 1. The molecule has 24 heavy (non-hydrogen) atoms. The highest BCUT2D eigenvalue weighted by Gasteiger charge is 2.29. The highest BCUT2D eigenvalue weighted by molar-refractivity contribution is 7.91. The maximum absolute atomic E-state index is 12.3. The van der Waals surface area contributed by atoms with E-state index in [0.29, 0.717) is 24.3 Å². The second-order valence-electron chi connectivity index (χ2n) is 5.90. The molecule has 0 N–H and O–H groups in total. The van der Waals surface area contributed by atoms with Crippen LogP contribution < -0.4 is 4.90 Å². The molecule has 0 atom stereocenters. The Morgan fingerprint density at radius 2 is 1.88 bits per heavy atom. The third-order valence-corrected chi connectivity index (χ3v) is 5.92. The molecule has 0 radical (unpaired) electrons. The molecule has 0 spiro atoms. The number of carbonyl (C=O) groups excluding carboxylic acids is 1. The van der Waals surface area contributed by atoms with Gasteiger partial charge in [0.25, 0.3) is 0 Å². The first-order valence-corrected chi connectivity index (χ1v) is 9.31. The van der Waals surface area contributed by atoms with E-state index in [4.69, 9.17) is 4.74 Å². The zero-order valence-corrected chi connectivity index (χ0v) is 14.5. The average Bonchev–Trinajstić information content (AvgIpc) is 2.58. The fourth-order valence-electron chi connectivity index (χ4n) is 2.81. The van der Waals surface area contributed by atoms with E-state index < -0.39 is 15.8 Å². The van der Waals surface area contributed by atoms with Crippen molar-refractivity contribution in [3.05, 3.63) is 59.2 Å². The minimum absolute atomic E-state index is 0.0728. The molecule has 3 rings (SSSR count). The third-order valence-electron chi connectivity index (χ3n) is 4.18. The van der Waals surface area contributed by atoms with Gasteiger partial charge in [-0.1, -0.05) is 29.8 Å². The summed E-state index contributed by atoms with van der Waals surface area (Å²) in [5.41, 5.74) is 3.18. The molecule has 126 valence electrons. The fourth-order valence-corrected chi connectivity index (χ4v) is 4.27. The largest absolute Gasteiger partial charge is 0.465 e. The standard InChI is InChI=1S/C18H19NO4S/c1-13-3-5-14(6-4-13)12-19-9-10-24(21,22)17-8-7-15(11-16(17)19)18(20)23-2/h3-8,11H,9-10,12H2,1-2H3.